The van der Waals surface area contributed by atoms with Crippen LogP contribution in [-0.4, -0.2) is 29.8 Å². The van der Waals surface area contributed by atoms with Gasteiger partial charge < -0.3 is 10.2 Å². The summed E-state index contributed by atoms with van der Waals surface area (Å²) >= 11 is 0. The number of likely N-dealkylation sites (tertiary alicyclic amines) is 1. The molecule has 0 spiro atoms. The number of rotatable bonds is 7. The van der Waals surface area contributed by atoms with E-state index >= 15 is 0 Å². The Balaban J connectivity index is 1.39. The Hall–Kier alpha value is -3.47. The molecule has 1 heterocycles. The lowest BCUT2D eigenvalue weighted by atomic mass is 9.90. The van der Waals surface area contributed by atoms with E-state index in [-0.39, 0.29) is 23.5 Å². The second-order valence-corrected chi connectivity index (χ2v) is 7.97. The fraction of sp³-hybridized carbons (Fsp3) is 0.231. The van der Waals surface area contributed by atoms with E-state index in [1.54, 1.807) is 17.0 Å². The Bertz CT molecular complexity index is 983. The summed E-state index contributed by atoms with van der Waals surface area (Å²) in [6.07, 6.45) is 0.406. The average molecular weight is 416 g/mol. The summed E-state index contributed by atoms with van der Waals surface area (Å²) in [6, 6.07) is 25.6. The number of carbonyl (C=O) groups is 2. The molecule has 4 rings (SSSR count). The standard InChI is InChI=1S/C26H25FN2O2/c27-23-13-11-19(12-14-23)17-29-18-20(15-24(29)30)16-28-26(31)25(21-7-3-1-4-8-21)22-9-5-2-6-10-22/h1-14,20,25H,15-18H2,(H,28,31). The number of carbonyl (C=O) groups excluding carboxylic acids is 2. The van der Waals surface area contributed by atoms with Gasteiger partial charge in [-0.2, -0.15) is 0 Å². The fourth-order valence-electron chi connectivity index (χ4n) is 4.09. The predicted octanol–water partition coefficient (Wildman–Crippen LogP) is 4.12. The van der Waals surface area contributed by atoms with Crippen molar-refractivity contribution in [2.24, 2.45) is 5.92 Å². The van der Waals surface area contributed by atoms with E-state index in [1.807, 2.05) is 60.7 Å². The highest BCUT2D eigenvalue weighted by Gasteiger charge is 2.31. The van der Waals surface area contributed by atoms with Crippen molar-refractivity contribution in [1.82, 2.24) is 10.2 Å². The van der Waals surface area contributed by atoms with Crippen LogP contribution in [-0.2, 0) is 16.1 Å². The summed E-state index contributed by atoms with van der Waals surface area (Å²) in [4.78, 5) is 27.3. The topological polar surface area (TPSA) is 49.4 Å². The Kier molecular flexibility index (Phi) is 6.41. The van der Waals surface area contributed by atoms with Crippen LogP contribution in [0.5, 0.6) is 0 Å². The maximum atomic E-state index is 13.1. The van der Waals surface area contributed by atoms with Gasteiger partial charge in [0.25, 0.3) is 0 Å². The van der Waals surface area contributed by atoms with Crippen LogP contribution >= 0.6 is 0 Å². The highest BCUT2D eigenvalue weighted by molar-refractivity contribution is 5.87. The number of amides is 2. The van der Waals surface area contributed by atoms with Gasteiger partial charge in [-0.25, -0.2) is 4.39 Å². The van der Waals surface area contributed by atoms with Crippen LogP contribution < -0.4 is 5.32 Å². The molecule has 4 nitrogen and oxygen atoms in total. The van der Waals surface area contributed by atoms with Crippen LogP contribution in [0.1, 0.15) is 29.0 Å². The van der Waals surface area contributed by atoms with Crippen molar-refractivity contribution in [2.75, 3.05) is 13.1 Å². The van der Waals surface area contributed by atoms with Crippen LogP contribution in [0.15, 0.2) is 84.9 Å². The van der Waals surface area contributed by atoms with Gasteiger partial charge in [0.2, 0.25) is 11.8 Å². The van der Waals surface area contributed by atoms with Crippen LogP contribution in [0.3, 0.4) is 0 Å². The molecule has 3 aromatic carbocycles. The van der Waals surface area contributed by atoms with Crippen molar-refractivity contribution in [3.63, 3.8) is 0 Å². The molecule has 0 saturated carbocycles. The van der Waals surface area contributed by atoms with Crippen molar-refractivity contribution in [2.45, 2.75) is 18.9 Å². The lowest BCUT2D eigenvalue weighted by Gasteiger charge is -2.20. The first kappa shape index (κ1) is 20.8. The van der Waals surface area contributed by atoms with Gasteiger partial charge in [-0.05, 0) is 28.8 Å². The third-order valence-electron chi connectivity index (χ3n) is 5.67. The van der Waals surface area contributed by atoms with Gasteiger partial charge >= 0.3 is 0 Å². The highest BCUT2D eigenvalue weighted by Crippen LogP contribution is 2.25. The molecule has 0 bridgehead atoms. The van der Waals surface area contributed by atoms with Crippen molar-refractivity contribution >= 4 is 11.8 Å². The molecule has 5 heteroatoms. The second kappa shape index (κ2) is 9.56. The van der Waals surface area contributed by atoms with Crippen LogP contribution in [0.25, 0.3) is 0 Å². The molecule has 1 unspecified atom stereocenters. The number of hydrogen-bond acceptors (Lipinski definition) is 2. The minimum atomic E-state index is -0.394. The molecule has 3 aromatic rings. The SMILES string of the molecule is O=C(NCC1CC(=O)N(Cc2ccc(F)cc2)C1)C(c1ccccc1)c1ccccc1. The summed E-state index contributed by atoms with van der Waals surface area (Å²) in [7, 11) is 0. The maximum Gasteiger partial charge on any atom is 0.232 e. The smallest absolute Gasteiger partial charge is 0.232 e. The van der Waals surface area contributed by atoms with E-state index in [1.165, 1.54) is 12.1 Å². The second-order valence-electron chi connectivity index (χ2n) is 7.97. The molecule has 0 aromatic heterocycles. The average Bonchev–Trinajstić information content (AvgIpc) is 3.14. The highest BCUT2D eigenvalue weighted by atomic mass is 19.1. The van der Waals surface area contributed by atoms with Gasteiger partial charge in [-0.3, -0.25) is 9.59 Å². The lowest BCUT2D eigenvalue weighted by Crippen LogP contribution is -2.35. The van der Waals surface area contributed by atoms with E-state index < -0.39 is 5.92 Å². The summed E-state index contributed by atoms with van der Waals surface area (Å²) in [5, 5.41) is 3.07. The van der Waals surface area contributed by atoms with Crippen LogP contribution in [0, 0.1) is 11.7 Å². The van der Waals surface area contributed by atoms with Gasteiger partial charge in [0.05, 0.1) is 5.92 Å². The van der Waals surface area contributed by atoms with E-state index in [0.717, 1.165) is 16.7 Å². The first-order valence-electron chi connectivity index (χ1n) is 10.5. The Morgan fingerprint density at radius 2 is 1.52 bits per heavy atom. The molecule has 2 amide bonds. The van der Waals surface area contributed by atoms with Crippen LogP contribution in [0.2, 0.25) is 0 Å². The van der Waals surface area contributed by atoms with Crippen molar-refractivity contribution in [3.8, 4) is 0 Å². The van der Waals surface area contributed by atoms with Gasteiger partial charge in [0, 0.05) is 32.0 Å². The lowest BCUT2D eigenvalue weighted by molar-refractivity contribution is -0.128. The minimum Gasteiger partial charge on any atom is -0.355 e. The third kappa shape index (κ3) is 5.18. The predicted molar refractivity (Wildman–Crippen MR) is 118 cm³/mol. The molecule has 0 radical (unpaired) electrons. The van der Waals surface area contributed by atoms with E-state index in [0.29, 0.717) is 26.1 Å². The monoisotopic (exact) mass is 416 g/mol. The molecule has 1 aliphatic rings. The maximum absolute atomic E-state index is 13.1. The Morgan fingerprint density at radius 3 is 2.10 bits per heavy atom. The molecule has 1 aliphatic heterocycles. The molecule has 1 fully saturated rings. The van der Waals surface area contributed by atoms with Crippen molar-refractivity contribution in [1.29, 1.82) is 0 Å². The fourth-order valence-corrected chi connectivity index (χ4v) is 4.09. The van der Waals surface area contributed by atoms with E-state index in [4.69, 9.17) is 0 Å². The Morgan fingerprint density at radius 1 is 0.935 bits per heavy atom. The zero-order valence-electron chi connectivity index (χ0n) is 17.2. The first-order valence-corrected chi connectivity index (χ1v) is 10.5. The molecular weight excluding hydrogens is 391 g/mol. The van der Waals surface area contributed by atoms with Gasteiger partial charge in [0.1, 0.15) is 5.82 Å². The number of halogens is 1. The number of nitrogens with zero attached hydrogens (tertiary/aromatic N) is 1. The first-order chi connectivity index (χ1) is 15.1. The molecule has 1 atom stereocenters. The summed E-state index contributed by atoms with van der Waals surface area (Å²) in [5.41, 5.74) is 2.77. The molecule has 1 saturated heterocycles. The van der Waals surface area contributed by atoms with Gasteiger partial charge in [-0.1, -0.05) is 72.8 Å². The van der Waals surface area contributed by atoms with Crippen molar-refractivity contribution in [3.05, 3.63) is 107 Å². The number of nitrogens with one attached hydrogen (secondary N) is 1. The molecule has 31 heavy (non-hydrogen) atoms. The summed E-state index contributed by atoms with van der Waals surface area (Å²) in [5.74, 6) is -0.629. The zero-order valence-corrected chi connectivity index (χ0v) is 17.2. The summed E-state index contributed by atoms with van der Waals surface area (Å²) in [6.45, 7) is 1.48. The largest absolute Gasteiger partial charge is 0.355 e. The molecule has 1 N–H and O–H groups in total. The minimum absolute atomic E-state index is 0.0593. The number of benzene rings is 3. The normalized spacial score (nSPS) is 16.0. The molecule has 0 aliphatic carbocycles. The molecule has 158 valence electrons. The summed E-state index contributed by atoms with van der Waals surface area (Å²) < 4.78 is 13.1. The Labute approximate surface area is 181 Å². The van der Waals surface area contributed by atoms with Gasteiger partial charge in [0.15, 0.2) is 0 Å². The third-order valence-corrected chi connectivity index (χ3v) is 5.67. The molecular formula is C26H25FN2O2. The van der Waals surface area contributed by atoms with Gasteiger partial charge in [-0.15, -0.1) is 0 Å². The zero-order chi connectivity index (χ0) is 21.6. The van der Waals surface area contributed by atoms with E-state index in [2.05, 4.69) is 5.32 Å². The van der Waals surface area contributed by atoms with Crippen molar-refractivity contribution < 1.29 is 14.0 Å². The quantitative estimate of drug-likeness (QED) is 0.630. The van der Waals surface area contributed by atoms with E-state index in [9.17, 15) is 14.0 Å². The number of hydrogen-bond donors (Lipinski definition) is 1. The van der Waals surface area contributed by atoms with Crippen LogP contribution in [0.4, 0.5) is 4.39 Å².